The van der Waals surface area contributed by atoms with Crippen molar-refractivity contribution in [2.75, 3.05) is 5.32 Å². The fraction of sp³-hybridized carbons (Fsp3) is 0.353. The Hall–Kier alpha value is -2.43. The highest BCUT2D eigenvalue weighted by Crippen LogP contribution is 2.20. The monoisotopic (exact) mass is 297 g/mol. The summed E-state index contributed by atoms with van der Waals surface area (Å²) in [5.41, 5.74) is 9.03. The molecular formula is C17H23N5. The summed E-state index contributed by atoms with van der Waals surface area (Å²) in [5, 5.41) is 3.10. The molecule has 0 aliphatic rings. The summed E-state index contributed by atoms with van der Waals surface area (Å²) in [6.45, 7) is 6.71. The lowest BCUT2D eigenvalue weighted by molar-refractivity contribution is 0.734. The minimum absolute atomic E-state index is 0.382. The van der Waals surface area contributed by atoms with Crippen LogP contribution in [0.4, 0.5) is 5.69 Å². The molecule has 5 nitrogen and oxygen atoms in total. The maximum absolute atomic E-state index is 5.91. The van der Waals surface area contributed by atoms with E-state index in [1.54, 1.807) is 6.20 Å². The summed E-state index contributed by atoms with van der Waals surface area (Å²) in [4.78, 5) is 12.6. The molecule has 3 N–H and O–H groups in total. The van der Waals surface area contributed by atoms with Crippen molar-refractivity contribution in [2.24, 2.45) is 10.7 Å². The van der Waals surface area contributed by atoms with Crippen LogP contribution in [0.2, 0.25) is 0 Å². The van der Waals surface area contributed by atoms with Crippen molar-refractivity contribution in [3.8, 4) is 0 Å². The number of guanidine groups is 1. The fourth-order valence-corrected chi connectivity index (χ4v) is 2.08. The highest BCUT2D eigenvalue weighted by Gasteiger charge is 2.03. The van der Waals surface area contributed by atoms with E-state index in [4.69, 9.17) is 5.73 Å². The minimum atomic E-state index is 0.382. The lowest BCUT2D eigenvalue weighted by atomic mass is 9.99. The third-order valence-corrected chi connectivity index (χ3v) is 3.61. The number of nitrogens with zero attached hydrogens (tertiary/aromatic N) is 3. The number of rotatable bonds is 5. The third-order valence-electron chi connectivity index (χ3n) is 3.61. The van der Waals surface area contributed by atoms with Crippen LogP contribution in [0, 0.1) is 6.92 Å². The van der Waals surface area contributed by atoms with Gasteiger partial charge in [-0.2, -0.15) is 0 Å². The van der Waals surface area contributed by atoms with Crippen molar-refractivity contribution >= 4 is 11.6 Å². The topological polar surface area (TPSA) is 76.2 Å². The number of aromatic nitrogens is 2. The van der Waals surface area contributed by atoms with Crippen LogP contribution >= 0.6 is 0 Å². The Morgan fingerprint density at radius 2 is 2.00 bits per heavy atom. The van der Waals surface area contributed by atoms with Gasteiger partial charge in [0.2, 0.25) is 0 Å². The molecule has 116 valence electrons. The zero-order valence-corrected chi connectivity index (χ0v) is 13.4. The quantitative estimate of drug-likeness (QED) is 0.656. The lowest BCUT2D eigenvalue weighted by Gasteiger charge is -2.10. The molecule has 0 spiro atoms. The molecule has 2 rings (SSSR count). The van der Waals surface area contributed by atoms with Crippen LogP contribution in [0.25, 0.3) is 0 Å². The summed E-state index contributed by atoms with van der Waals surface area (Å²) in [6.07, 6.45) is 2.86. The molecule has 5 heteroatoms. The van der Waals surface area contributed by atoms with Crippen LogP contribution in [0.5, 0.6) is 0 Å². The van der Waals surface area contributed by atoms with Crippen molar-refractivity contribution in [3.05, 3.63) is 53.6 Å². The van der Waals surface area contributed by atoms with E-state index in [0.717, 1.165) is 23.6 Å². The molecule has 22 heavy (non-hydrogen) atoms. The molecule has 0 aliphatic carbocycles. The van der Waals surface area contributed by atoms with Gasteiger partial charge in [0.05, 0.1) is 12.2 Å². The van der Waals surface area contributed by atoms with Gasteiger partial charge in [-0.25, -0.2) is 15.0 Å². The fourth-order valence-electron chi connectivity index (χ4n) is 2.08. The van der Waals surface area contributed by atoms with Gasteiger partial charge in [0.1, 0.15) is 5.82 Å². The van der Waals surface area contributed by atoms with Gasteiger partial charge >= 0.3 is 0 Å². The normalized spacial score (nSPS) is 13.0. The first kappa shape index (κ1) is 15.9. The Kier molecular flexibility index (Phi) is 5.47. The van der Waals surface area contributed by atoms with Gasteiger partial charge in [-0.1, -0.05) is 26.0 Å². The lowest BCUT2D eigenvalue weighted by Crippen LogP contribution is -2.22. The summed E-state index contributed by atoms with van der Waals surface area (Å²) in [5.74, 6) is 1.69. The minimum Gasteiger partial charge on any atom is -0.370 e. The van der Waals surface area contributed by atoms with Gasteiger partial charge in [-0.15, -0.1) is 0 Å². The molecule has 0 saturated carbocycles. The number of aliphatic imine (C=N–C) groups is 1. The number of nitrogens with two attached hydrogens (primary N) is 1. The van der Waals surface area contributed by atoms with E-state index >= 15 is 0 Å². The number of hydrogen-bond acceptors (Lipinski definition) is 3. The van der Waals surface area contributed by atoms with Gasteiger partial charge in [0, 0.05) is 11.9 Å². The third kappa shape index (κ3) is 4.55. The van der Waals surface area contributed by atoms with E-state index in [-0.39, 0.29) is 0 Å². The summed E-state index contributed by atoms with van der Waals surface area (Å²) < 4.78 is 0. The highest BCUT2D eigenvalue weighted by molar-refractivity contribution is 5.92. The van der Waals surface area contributed by atoms with E-state index < -0.39 is 0 Å². The Balaban J connectivity index is 1.96. The SMILES string of the molecule is CCC(C)c1ccc(NC(N)=NCc2ccnc(C)n2)cc1. The molecule has 1 aromatic heterocycles. The van der Waals surface area contributed by atoms with Crippen molar-refractivity contribution in [1.82, 2.24) is 9.97 Å². The van der Waals surface area contributed by atoms with Gasteiger partial charge in [-0.3, -0.25) is 0 Å². The summed E-state index contributed by atoms with van der Waals surface area (Å²) in [7, 11) is 0. The molecule has 1 aromatic carbocycles. The molecule has 0 radical (unpaired) electrons. The zero-order valence-electron chi connectivity index (χ0n) is 13.4. The number of hydrogen-bond donors (Lipinski definition) is 2. The molecule has 1 atom stereocenters. The Bertz CT molecular complexity index is 634. The first-order valence-corrected chi connectivity index (χ1v) is 7.54. The Morgan fingerprint density at radius 3 is 2.64 bits per heavy atom. The predicted molar refractivity (Wildman–Crippen MR) is 90.9 cm³/mol. The van der Waals surface area contributed by atoms with E-state index in [1.807, 2.05) is 25.1 Å². The number of nitrogens with one attached hydrogen (secondary N) is 1. The van der Waals surface area contributed by atoms with Crippen LogP contribution in [-0.2, 0) is 6.54 Å². The maximum atomic E-state index is 5.91. The first-order valence-electron chi connectivity index (χ1n) is 7.54. The highest BCUT2D eigenvalue weighted by atomic mass is 15.1. The second-order valence-corrected chi connectivity index (χ2v) is 5.35. The second kappa shape index (κ2) is 7.54. The zero-order chi connectivity index (χ0) is 15.9. The maximum Gasteiger partial charge on any atom is 0.193 e. The number of aryl methyl sites for hydroxylation is 1. The Morgan fingerprint density at radius 1 is 1.27 bits per heavy atom. The first-order chi connectivity index (χ1) is 10.6. The largest absolute Gasteiger partial charge is 0.370 e. The van der Waals surface area contributed by atoms with Crippen LogP contribution < -0.4 is 11.1 Å². The van der Waals surface area contributed by atoms with Crippen LogP contribution in [0.1, 0.15) is 43.3 Å². The molecule has 0 amide bonds. The van der Waals surface area contributed by atoms with E-state index in [1.165, 1.54) is 5.56 Å². The van der Waals surface area contributed by atoms with Gasteiger partial charge in [-0.05, 0) is 43.0 Å². The van der Waals surface area contributed by atoms with Crippen molar-refractivity contribution < 1.29 is 0 Å². The summed E-state index contributed by atoms with van der Waals surface area (Å²) >= 11 is 0. The van der Waals surface area contributed by atoms with Crippen molar-refractivity contribution in [3.63, 3.8) is 0 Å². The Labute approximate surface area is 131 Å². The average Bonchev–Trinajstić information content (AvgIpc) is 2.53. The number of anilines is 1. The van der Waals surface area contributed by atoms with E-state index in [0.29, 0.717) is 18.4 Å². The van der Waals surface area contributed by atoms with E-state index in [2.05, 4.69) is 46.3 Å². The van der Waals surface area contributed by atoms with Gasteiger partial charge in [0.15, 0.2) is 5.96 Å². The van der Waals surface area contributed by atoms with Crippen molar-refractivity contribution in [2.45, 2.75) is 39.7 Å². The van der Waals surface area contributed by atoms with Crippen LogP contribution in [0.3, 0.4) is 0 Å². The molecular weight excluding hydrogens is 274 g/mol. The van der Waals surface area contributed by atoms with Gasteiger partial charge in [0.25, 0.3) is 0 Å². The standard InChI is InChI=1S/C17H23N5/c1-4-12(2)14-5-7-15(8-6-14)22-17(18)20-11-16-9-10-19-13(3)21-16/h5-10,12H,4,11H2,1-3H3,(H3,18,20,22). The molecule has 0 saturated heterocycles. The predicted octanol–water partition coefficient (Wildman–Crippen LogP) is 3.23. The average molecular weight is 297 g/mol. The molecule has 2 aromatic rings. The van der Waals surface area contributed by atoms with Crippen LogP contribution in [-0.4, -0.2) is 15.9 Å². The number of benzene rings is 1. The van der Waals surface area contributed by atoms with Gasteiger partial charge < -0.3 is 11.1 Å². The molecule has 0 bridgehead atoms. The van der Waals surface area contributed by atoms with Crippen LogP contribution in [0.15, 0.2) is 41.5 Å². The summed E-state index contributed by atoms with van der Waals surface area (Å²) in [6, 6.07) is 10.1. The molecule has 0 aliphatic heterocycles. The van der Waals surface area contributed by atoms with E-state index in [9.17, 15) is 0 Å². The molecule has 1 heterocycles. The smallest absolute Gasteiger partial charge is 0.193 e. The second-order valence-electron chi connectivity index (χ2n) is 5.35. The van der Waals surface area contributed by atoms with Crippen molar-refractivity contribution in [1.29, 1.82) is 0 Å². The molecule has 1 unspecified atom stereocenters. The molecule has 0 fully saturated rings.